The van der Waals surface area contributed by atoms with Crippen LogP contribution in [0.15, 0.2) is 74.9 Å². The summed E-state index contributed by atoms with van der Waals surface area (Å²) in [6.45, 7) is 30.7. The Hall–Kier alpha value is -4.60. The van der Waals surface area contributed by atoms with Crippen molar-refractivity contribution < 1.29 is 37.9 Å². The zero-order chi connectivity index (χ0) is 47.8. The second kappa shape index (κ2) is 25.8. The van der Waals surface area contributed by atoms with Gasteiger partial charge in [-0.15, -0.1) is 26.3 Å². The van der Waals surface area contributed by atoms with Gasteiger partial charge >= 0.3 is 0 Å². The highest BCUT2D eigenvalue weighted by atomic mass is 16.6. The lowest BCUT2D eigenvalue weighted by atomic mass is 9.87. The zero-order valence-electron chi connectivity index (χ0n) is 42.0. The smallest absolute Gasteiger partial charge is 0.127 e. The van der Waals surface area contributed by atoms with Gasteiger partial charge in [-0.3, -0.25) is 0 Å². The van der Waals surface area contributed by atoms with E-state index >= 15 is 0 Å². The molecular formula is C60H80O8. The molecule has 4 fully saturated rings. The number of hydrogen-bond donors (Lipinski definition) is 0. The van der Waals surface area contributed by atoms with E-state index < -0.39 is 0 Å². The minimum atomic E-state index is 0.187. The van der Waals surface area contributed by atoms with Gasteiger partial charge in [0.2, 0.25) is 0 Å². The van der Waals surface area contributed by atoms with Gasteiger partial charge < -0.3 is 37.9 Å². The van der Waals surface area contributed by atoms with Crippen LogP contribution in [0.1, 0.15) is 124 Å². The molecule has 8 nitrogen and oxygen atoms in total. The maximum absolute atomic E-state index is 6.58. The quantitative estimate of drug-likeness (QED) is 0.0354. The fraction of sp³-hybridized carbons (Fsp3) is 0.533. The van der Waals surface area contributed by atoms with Crippen molar-refractivity contribution in [3.63, 3.8) is 0 Å². The fourth-order valence-electron chi connectivity index (χ4n) is 9.23. The molecule has 4 atom stereocenters. The van der Waals surface area contributed by atoms with Gasteiger partial charge in [-0.25, -0.2) is 0 Å². The second-order valence-corrected chi connectivity index (χ2v) is 19.0. The number of unbranched alkanes of at least 4 members (excludes halogenated alkanes) is 4. The lowest BCUT2D eigenvalue weighted by Crippen LogP contribution is -2.12. The van der Waals surface area contributed by atoms with E-state index in [1.165, 1.54) is 84.4 Å². The molecule has 0 radical (unpaired) electrons. The van der Waals surface area contributed by atoms with E-state index in [1.807, 2.05) is 24.3 Å². The van der Waals surface area contributed by atoms with Crippen LogP contribution in [0.4, 0.5) is 0 Å². The molecule has 8 heteroatoms. The van der Waals surface area contributed by atoms with Gasteiger partial charge in [-0.2, -0.15) is 0 Å². The highest BCUT2D eigenvalue weighted by Crippen LogP contribution is 2.44. The van der Waals surface area contributed by atoms with Gasteiger partial charge in [0.1, 0.15) is 73.8 Å². The minimum Gasteiger partial charge on any atom is -0.490 e. The van der Waals surface area contributed by atoms with E-state index in [0.717, 1.165) is 121 Å². The second-order valence-electron chi connectivity index (χ2n) is 19.0. The molecule has 0 saturated carbocycles. The molecule has 4 aromatic carbocycles. The summed E-state index contributed by atoms with van der Waals surface area (Å²) in [7, 11) is 0. The summed E-state index contributed by atoms with van der Waals surface area (Å²) in [5.74, 6) is 4.12. The monoisotopic (exact) mass is 929 g/mol. The summed E-state index contributed by atoms with van der Waals surface area (Å²) in [6.07, 6.45) is 25.1. The van der Waals surface area contributed by atoms with Gasteiger partial charge in [0.15, 0.2) is 0 Å². The molecule has 0 spiro atoms. The van der Waals surface area contributed by atoms with Crippen molar-refractivity contribution in [3.05, 3.63) is 119 Å². The summed E-state index contributed by atoms with van der Waals surface area (Å²) >= 11 is 0. The molecule has 4 aliphatic rings. The molecule has 0 amide bonds. The van der Waals surface area contributed by atoms with Crippen molar-refractivity contribution in [3.8, 4) is 23.0 Å². The first-order valence-corrected chi connectivity index (χ1v) is 26.1. The predicted octanol–water partition coefficient (Wildman–Crippen LogP) is 13.1. The number of fused-ring (bicyclic) bond motifs is 2. The number of epoxide rings is 4. The summed E-state index contributed by atoms with van der Waals surface area (Å²) in [5, 5.41) is 5.10. The fourth-order valence-corrected chi connectivity index (χ4v) is 9.23. The average Bonchev–Trinajstić information content (AvgIpc) is 4.11. The summed E-state index contributed by atoms with van der Waals surface area (Å²) in [4.78, 5) is 0. The van der Waals surface area contributed by atoms with Gasteiger partial charge in [0.05, 0.1) is 26.4 Å². The largest absolute Gasteiger partial charge is 0.490 e. The molecule has 68 heavy (non-hydrogen) atoms. The molecule has 4 unspecified atom stereocenters. The van der Waals surface area contributed by atoms with Gasteiger partial charge in [-0.1, -0.05) is 77.7 Å². The molecule has 0 N–H and O–H groups in total. The number of allylic oxidation sites excluding steroid dienone is 4. The number of ether oxygens (including phenoxy) is 8. The van der Waals surface area contributed by atoms with Crippen LogP contribution in [0.2, 0.25) is 0 Å². The topological polar surface area (TPSA) is 87.0 Å². The van der Waals surface area contributed by atoms with Crippen LogP contribution in [-0.2, 0) is 70.3 Å². The Bertz CT molecular complexity index is 2170. The van der Waals surface area contributed by atoms with E-state index in [4.69, 9.17) is 37.9 Å². The molecule has 0 aliphatic carbocycles. The van der Waals surface area contributed by atoms with E-state index in [2.05, 4.69) is 78.3 Å². The first kappa shape index (κ1) is 51.3. The van der Waals surface area contributed by atoms with Crippen LogP contribution >= 0.6 is 0 Å². The molecular weight excluding hydrogens is 849 g/mol. The third-order valence-corrected chi connectivity index (χ3v) is 13.3. The van der Waals surface area contributed by atoms with Gasteiger partial charge in [0.25, 0.3) is 0 Å². The molecule has 0 aromatic heterocycles. The Labute approximate surface area is 408 Å². The molecule has 4 aliphatic heterocycles. The first-order valence-electron chi connectivity index (χ1n) is 26.1. The maximum atomic E-state index is 6.58. The normalized spacial score (nSPS) is 18.6. The van der Waals surface area contributed by atoms with E-state index in [1.54, 1.807) is 0 Å². The van der Waals surface area contributed by atoms with E-state index in [0.29, 0.717) is 39.3 Å². The highest BCUT2D eigenvalue weighted by molar-refractivity contribution is 5.95. The third-order valence-electron chi connectivity index (χ3n) is 13.3. The SMILES string of the molecule is C=CCc1cc2c(CC=C)c(OCC3CO3)c(CC=C)cc2c(CC=C)c1OCC1CO1.CCCCc1cc2c(CCCC)c(OCC3CO3)c(CCCC)cc2c(CCCC)c1OCC1CO1. The van der Waals surface area contributed by atoms with Crippen LogP contribution in [-0.4, -0.2) is 77.3 Å². The molecule has 4 heterocycles. The molecule has 0 bridgehead atoms. The third kappa shape index (κ3) is 13.8. The number of rotatable bonds is 32. The Morgan fingerprint density at radius 2 is 0.662 bits per heavy atom. The molecule has 368 valence electrons. The lowest BCUT2D eigenvalue weighted by molar-refractivity contribution is 0.258. The van der Waals surface area contributed by atoms with Crippen molar-refractivity contribution >= 4 is 21.5 Å². The van der Waals surface area contributed by atoms with Crippen molar-refractivity contribution in [2.75, 3.05) is 52.9 Å². The van der Waals surface area contributed by atoms with E-state index in [-0.39, 0.29) is 24.4 Å². The van der Waals surface area contributed by atoms with Crippen LogP contribution in [0, 0.1) is 0 Å². The number of hydrogen-bond acceptors (Lipinski definition) is 8. The number of benzene rings is 4. The van der Waals surface area contributed by atoms with Crippen molar-refractivity contribution in [2.24, 2.45) is 0 Å². The Balaban J connectivity index is 0.000000203. The van der Waals surface area contributed by atoms with Crippen LogP contribution < -0.4 is 18.9 Å². The van der Waals surface area contributed by atoms with Crippen molar-refractivity contribution in [1.29, 1.82) is 0 Å². The predicted molar refractivity (Wildman–Crippen MR) is 279 cm³/mol. The van der Waals surface area contributed by atoms with Crippen LogP contribution in [0.3, 0.4) is 0 Å². The molecule has 8 rings (SSSR count). The summed E-state index contributed by atoms with van der Waals surface area (Å²) in [5.41, 5.74) is 10.1. The van der Waals surface area contributed by atoms with Crippen LogP contribution in [0.25, 0.3) is 21.5 Å². The first-order chi connectivity index (χ1) is 33.4. The van der Waals surface area contributed by atoms with Crippen molar-refractivity contribution in [1.82, 2.24) is 0 Å². The van der Waals surface area contributed by atoms with Gasteiger partial charge in [0, 0.05) is 22.3 Å². The minimum absolute atomic E-state index is 0.187. The highest BCUT2D eigenvalue weighted by Gasteiger charge is 2.30. The average molecular weight is 929 g/mol. The standard InChI is InChI=1S/C32H48O4.C28H32O4/c1-5-9-13-23-17-29-28(16-12-8-4)32(36-22-26-20-34-26)24(14-10-6-2)18-30(29)27(15-11-7-3)31(23)35-21-25-19-33-25;1-5-9-19-13-25-24(12-8-4)28(32-18-22-16-30-22)20(10-6-2)14-26(25)23(11-7-3)27(19)31-17-21-15-29-21/h17-18,25-26H,5-16,19-22H2,1-4H3;5-8,13-14,21-22H,1-4,9-12,15-18H2. The Morgan fingerprint density at radius 3 is 0.941 bits per heavy atom. The summed E-state index contributed by atoms with van der Waals surface area (Å²) in [6, 6.07) is 9.37. The Kier molecular flexibility index (Phi) is 19.5. The maximum Gasteiger partial charge on any atom is 0.127 e. The van der Waals surface area contributed by atoms with Crippen molar-refractivity contribution in [2.45, 2.75) is 155 Å². The molecule has 4 aromatic rings. The summed E-state index contributed by atoms with van der Waals surface area (Å²) < 4.78 is 47.5. The van der Waals surface area contributed by atoms with Gasteiger partial charge in [-0.05, 0) is 145 Å². The van der Waals surface area contributed by atoms with E-state index in [9.17, 15) is 0 Å². The molecule has 4 saturated heterocycles. The van der Waals surface area contributed by atoms with Crippen LogP contribution in [0.5, 0.6) is 23.0 Å². The number of aryl methyl sites for hydroxylation is 4. The zero-order valence-corrected chi connectivity index (χ0v) is 42.0. The Morgan fingerprint density at radius 1 is 0.397 bits per heavy atom. The lowest BCUT2D eigenvalue weighted by Gasteiger charge is -2.24.